The van der Waals surface area contributed by atoms with Gasteiger partial charge in [-0.3, -0.25) is 4.79 Å². The highest BCUT2D eigenvalue weighted by atomic mass is 16.3. The number of carbonyl (C=O) groups is 1. The number of benzene rings is 1. The summed E-state index contributed by atoms with van der Waals surface area (Å²) in [5, 5.41) is 19.6. The molecule has 1 N–H and O–H groups in total. The summed E-state index contributed by atoms with van der Waals surface area (Å²) in [6.45, 7) is 1.99. The van der Waals surface area contributed by atoms with Gasteiger partial charge in [-0.15, -0.1) is 0 Å². The Labute approximate surface area is 162 Å². The fourth-order valence-corrected chi connectivity index (χ4v) is 4.35. The average Bonchev–Trinajstić information content (AvgIpc) is 2.70. The Bertz CT molecular complexity index is 747. The molecule has 0 spiro atoms. The molecule has 1 amide bonds. The van der Waals surface area contributed by atoms with Gasteiger partial charge < -0.3 is 10.0 Å². The summed E-state index contributed by atoms with van der Waals surface area (Å²) < 4.78 is 0. The number of nitrogens with zero attached hydrogens (tertiary/aromatic N) is 2. The van der Waals surface area contributed by atoms with Crippen molar-refractivity contribution in [3.05, 3.63) is 35.4 Å². The molecule has 142 valence electrons. The highest BCUT2D eigenvalue weighted by molar-refractivity contribution is 5.81. The lowest BCUT2D eigenvalue weighted by Gasteiger charge is -2.52. The molecule has 1 heterocycles. The molecular weight excluding hydrogens is 336 g/mol. The predicted molar refractivity (Wildman–Crippen MR) is 105 cm³/mol. The van der Waals surface area contributed by atoms with Crippen molar-refractivity contribution < 1.29 is 9.90 Å². The van der Waals surface area contributed by atoms with Gasteiger partial charge in [-0.2, -0.15) is 5.26 Å². The Balaban J connectivity index is 1.75. The number of carbonyl (C=O) groups excluding carboxylic acids is 1. The van der Waals surface area contributed by atoms with E-state index in [1.165, 1.54) is 6.42 Å². The van der Waals surface area contributed by atoms with E-state index < -0.39 is 6.04 Å². The highest BCUT2D eigenvalue weighted by Crippen LogP contribution is 2.42. The summed E-state index contributed by atoms with van der Waals surface area (Å²) >= 11 is 0. The first-order chi connectivity index (χ1) is 13.2. The number of nitriles is 1. The Morgan fingerprint density at radius 2 is 1.93 bits per heavy atom. The monoisotopic (exact) mass is 364 g/mol. The Hall–Kier alpha value is -2.30. The topological polar surface area (TPSA) is 64.3 Å². The summed E-state index contributed by atoms with van der Waals surface area (Å²) in [6.07, 6.45) is 7.07. The number of rotatable bonds is 4. The van der Waals surface area contributed by atoms with E-state index in [9.17, 15) is 15.2 Å². The molecule has 3 rings (SSSR count). The maximum atomic E-state index is 12.9. The number of likely N-dealkylation sites (tertiary alicyclic amines) is 1. The Morgan fingerprint density at radius 1 is 1.22 bits per heavy atom. The second kappa shape index (κ2) is 9.07. The van der Waals surface area contributed by atoms with Gasteiger partial charge in [0.15, 0.2) is 0 Å². The lowest BCUT2D eigenvalue weighted by atomic mass is 9.74. The summed E-state index contributed by atoms with van der Waals surface area (Å²) in [7, 11) is 0. The molecule has 1 aromatic carbocycles. The second-order valence-corrected chi connectivity index (χ2v) is 7.60. The SMILES string of the molecule is CCCC#Cc1ccc([C@@H]2[C@@H](CO)N(C(=O)C3CCCCC3)[C@H]2C#N)cc1. The molecule has 1 aliphatic carbocycles. The van der Waals surface area contributed by atoms with Gasteiger partial charge in [-0.25, -0.2) is 0 Å². The summed E-state index contributed by atoms with van der Waals surface area (Å²) in [5.41, 5.74) is 1.95. The van der Waals surface area contributed by atoms with Crippen molar-refractivity contribution in [3.63, 3.8) is 0 Å². The first-order valence-corrected chi connectivity index (χ1v) is 10.1. The number of unbranched alkanes of at least 4 members (excludes halogenated alkanes) is 1. The second-order valence-electron chi connectivity index (χ2n) is 7.60. The molecule has 2 aliphatic rings. The van der Waals surface area contributed by atoms with Crippen molar-refractivity contribution in [2.75, 3.05) is 6.61 Å². The van der Waals surface area contributed by atoms with Gasteiger partial charge in [0.25, 0.3) is 0 Å². The molecule has 27 heavy (non-hydrogen) atoms. The van der Waals surface area contributed by atoms with E-state index in [4.69, 9.17) is 0 Å². The minimum atomic E-state index is -0.492. The van der Waals surface area contributed by atoms with Crippen molar-refractivity contribution in [2.24, 2.45) is 5.92 Å². The molecular formula is C23H28N2O2. The highest BCUT2D eigenvalue weighted by Gasteiger charge is 2.52. The number of aliphatic hydroxyl groups is 1. The predicted octanol–water partition coefficient (Wildman–Crippen LogP) is 3.60. The van der Waals surface area contributed by atoms with Gasteiger partial charge in [0, 0.05) is 23.8 Å². The number of aliphatic hydroxyl groups excluding tert-OH is 1. The Morgan fingerprint density at radius 3 is 2.52 bits per heavy atom. The molecule has 0 bridgehead atoms. The van der Waals surface area contributed by atoms with Crippen LogP contribution < -0.4 is 0 Å². The van der Waals surface area contributed by atoms with E-state index in [1.54, 1.807) is 4.90 Å². The quantitative estimate of drug-likeness (QED) is 0.830. The van der Waals surface area contributed by atoms with Crippen LogP contribution in [0.3, 0.4) is 0 Å². The first kappa shape index (κ1) is 19.5. The maximum Gasteiger partial charge on any atom is 0.227 e. The lowest BCUT2D eigenvalue weighted by molar-refractivity contribution is -0.152. The third-order valence-electron chi connectivity index (χ3n) is 5.84. The molecule has 4 nitrogen and oxygen atoms in total. The van der Waals surface area contributed by atoms with E-state index >= 15 is 0 Å². The molecule has 1 saturated carbocycles. The van der Waals surface area contributed by atoms with Crippen molar-refractivity contribution in [1.82, 2.24) is 4.90 Å². The van der Waals surface area contributed by atoms with Crippen LogP contribution in [0.25, 0.3) is 0 Å². The smallest absolute Gasteiger partial charge is 0.227 e. The van der Waals surface area contributed by atoms with Gasteiger partial charge in [0.1, 0.15) is 6.04 Å². The standard InChI is InChI=1S/C23H28N2O2/c1-2-3-5-8-17-11-13-18(14-12-17)22-20(15-24)25(21(22)16-26)23(27)19-9-6-4-7-10-19/h11-14,19-22,26H,2-4,6-7,9-10,16H2,1H3/t20-,21+,22-/m0/s1. The fraction of sp³-hybridized carbons (Fsp3) is 0.565. The normalized spacial score (nSPS) is 25.1. The van der Waals surface area contributed by atoms with Crippen molar-refractivity contribution in [3.8, 4) is 17.9 Å². The molecule has 4 heteroatoms. The van der Waals surface area contributed by atoms with Gasteiger partial charge in [0.2, 0.25) is 5.91 Å². The van der Waals surface area contributed by atoms with Gasteiger partial charge in [-0.05, 0) is 37.0 Å². The number of hydrogen-bond acceptors (Lipinski definition) is 3. The average molecular weight is 364 g/mol. The van der Waals surface area contributed by atoms with E-state index in [2.05, 4.69) is 24.8 Å². The summed E-state index contributed by atoms with van der Waals surface area (Å²) in [5.74, 6) is 6.21. The van der Waals surface area contributed by atoms with Crippen LogP contribution in [-0.4, -0.2) is 34.6 Å². The van der Waals surface area contributed by atoms with Gasteiger partial charge >= 0.3 is 0 Å². The number of hydrogen-bond donors (Lipinski definition) is 1. The van der Waals surface area contributed by atoms with Gasteiger partial charge in [-0.1, -0.05) is 50.2 Å². The van der Waals surface area contributed by atoms with E-state index in [1.807, 2.05) is 24.3 Å². The van der Waals surface area contributed by atoms with Crippen LogP contribution in [0.2, 0.25) is 0 Å². The molecule has 2 fully saturated rings. The van der Waals surface area contributed by atoms with E-state index in [0.717, 1.165) is 49.7 Å². The molecule has 0 unspecified atom stereocenters. The van der Waals surface area contributed by atoms with Crippen LogP contribution in [0.5, 0.6) is 0 Å². The minimum Gasteiger partial charge on any atom is -0.394 e. The molecule has 3 atom stereocenters. The molecule has 0 aromatic heterocycles. The maximum absolute atomic E-state index is 12.9. The summed E-state index contributed by atoms with van der Waals surface area (Å²) in [6, 6.07) is 9.40. The van der Waals surface area contributed by atoms with Crippen molar-refractivity contribution in [2.45, 2.75) is 69.9 Å². The zero-order valence-corrected chi connectivity index (χ0v) is 16.0. The van der Waals surface area contributed by atoms with Gasteiger partial charge in [0.05, 0.1) is 18.7 Å². The minimum absolute atomic E-state index is 0.0146. The largest absolute Gasteiger partial charge is 0.394 e. The van der Waals surface area contributed by atoms with Crippen LogP contribution in [0.15, 0.2) is 24.3 Å². The third-order valence-corrected chi connectivity index (χ3v) is 5.84. The Kier molecular flexibility index (Phi) is 6.54. The van der Waals surface area contributed by atoms with Crippen LogP contribution in [0.1, 0.15) is 68.9 Å². The molecule has 0 radical (unpaired) electrons. The van der Waals surface area contributed by atoms with Crippen molar-refractivity contribution >= 4 is 5.91 Å². The van der Waals surface area contributed by atoms with Crippen molar-refractivity contribution in [1.29, 1.82) is 5.26 Å². The molecule has 1 aliphatic heterocycles. The lowest BCUT2D eigenvalue weighted by Crippen LogP contribution is -2.66. The van der Waals surface area contributed by atoms with Crippen LogP contribution in [0, 0.1) is 29.1 Å². The molecule has 1 aromatic rings. The first-order valence-electron chi connectivity index (χ1n) is 10.1. The van der Waals surface area contributed by atoms with Crippen LogP contribution in [0.4, 0.5) is 0 Å². The number of amides is 1. The molecule has 1 saturated heterocycles. The summed E-state index contributed by atoms with van der Waals surface area (Å²) in [4.78, 5) is 14.6. The zero-order valence-electron chi connectivity index (χ0n) is 16.0. The third kappa shape index (κ3) is 4.02. The zero-order chi connectivity index (χ0) is 19.2. The fourth-order valence-electron chi connectivity index (χ4n) is 4.35. The van der Waals surface area contributed by atoms with Crippen LogP contribution >= 0.6 is 0 Å². The van der Waals surface area contributed by atoms with Crippen LogP contribution in [-0.2, 0) is 4.79 Å². The van der Waals surface area contributed by atoms with E-state index in [0.29, 0.717) is 0 Å². The van der Waals surface area contributed by atoms with E-state index in [-0.39, 0.29) is 30.4 Å².